The zero-order valence-corrected chi connectivity index (χ0v) is 19.2. The molecular weight excluding hydrogens is 418 g/mol. The van der Waals surface area contributed by atoms with Crippen LogP contribution in [0.5, 0.6) is 0 Å². The predicted octanol–water partition coefficient (Wildman–Crippen LogP) is 3.96. The third kappa shape index (κ3) is 5.29. The molecule has 4 rings (SSSR count). The molecule has 0 saturated carbocycles. The molecule has 1 amide bonds. The number of hydrogen-bond donors (Lipinski definition) is 0. The number of thioether (sulfide) groups is 1. The number of carbonyl (C=O) groups excluding carboxylic acids is 1. The van der Waals surface area contributed by atoms with Gasteiger partial charge < -0.3 is 4.90 Å². The van der Waals surface area contributed by atoms with E-state index in [2.05, 4.69) is 45.9 Å². The van der Waals surface area contributed by atoms with Gasteiger partial charge in [-0.3, -0.25) is 14.3 Å². The molecule has 1 unspecified atom stereocenters. The number of nitrogens with zero attached hydrogens (tertiary/aromatic N) is 5. The molecule has 1 aliphatic rings. The van der Waals surface area contributed by atoms with E-state index in [9.17, 15) is 4.79 Å². The van der Waals surface area contributed by atoms with E-state index in [1.54, 1.807) is 0 Å². The Balaban J connectivity index is 1.37. The summed E-state index contributed by atoms with van der Waals surface area (Å²) in [6.07, 6.45) is 1.83. The summed E-state index contributed by atoms with van der Waals surface area (Å²) in [7, 11) is 0. The summed E-state index contributed by atoms with van der Waals surface area (Å²) in [5, 5.41) is 9.29. The maximum atomic E-state index is 13.1. The molecule has 0 N–H and O–H groups in total. The average Bonchev–Trinajstić information content (AvgIpc) is 3.22. The van der Waals surface area contributed by atoms with Gasteiger partial charge in [0.2, 0.25) is 5.91 Å². The van der Waals surface area contributed by atoms with Crippen LogP contribution < -0.4 is 0 Å². The van der Waals surface area contributed by atoms with E-state index in [-0.39, 0.29) is 11.2 Å². The van der Waals surface area contributed by atoms with Crippen molar-refractivity contribution in [3.8, 4) is 11.4 Å². The van der Waals surface area contributed by atoms with Gasteiger partial charge in [-0.15, -0.1) is 16.8 Å². The van der Waals surface area contributed by atoms with Crippen LogP contribution >= 0.6 is 11.8 Å². The maximum absolute atomic E-state index is 13.1. The van der Waals surface area contributed by atoms with Crippen LogP contribution in [0.15, 0.2) is 78.5 Å². The molecule has 3 aromatic rings. The number of hydrogen-bond acceptors (Lipinski definition) is 5. The van der Waals surface area contributed by atoms with Gasteiger partial charge in [0.25, 0.3) is 0 Å². The van der Waals surface area contributed by atoms with Crippen molar-refractivity contribution in [2.75, 3.05) is 26.2 Å². The second-order valence-corrected chi connectivity index (χ2v) is 9.23. The summed E-state index contributed by atoms with van der Waals surface area (Å²) in [5.41, 5.74) is 2.31. The number of rotatable bonds is 8. The lowest BCUT2D eigenvalue weighted by Gasteiger charge is -2.35. The first-order valence-corrected chi connectivity index (χ1v) is 11.8. The quantitative estimate of drug-likeness (QED) is 0.387. The Bertz CT molecular complexity index is 1030. The number of allylic oxidation sites excluding steroid dienone is 1. The highest BCUT2D eigenvalue weighted by Gasteiger charge is 2.27. The smallest absolute Gasteiger partial charge is 0.235 e. The average molecular weight is 448 g/mol. The summed E-state index contributed by atoms with van der Waals surface area (Å²) in [6, 6.07) is 20.5. The second kappa shape index (κ2) is 10.6. The SMILES string of the molecule is C=CCn1c(SC(C)C(=O)N2CCN(Cc3ccccc3)CC2)nnc1-c1ccccc1. The van der Waals surface area contributed by atoms with Crippen molar-refractivity contribution in [2.45, 2.75) is 30.4 Å². The molecule has 32 heavy (non-hydrogen) atoms. The molecule has 0 bridgehead atoms. The zero-order valence-electron chi connectivity index (χ0n) is 18.4. The van der Waals surface area contributed by atoms with Crippen LogP contribution in [0.4, 0.5) is 0 Å². The highest BCUT2D eigenvalue weighted by molar-refractivity contribution is 8.00. The van der Waals surface area contributed by atoms with E-state index in [1.165, 1.54) is 17.3 Å². The molecule has 6 nitrogen and oxygen atoms in total. The Kier molecular flexibility index (Phi) is 7.39. The van der Waals surface area contributed by atoms with Crippen molar-refractivity contribution in [2.24, 2.45) is 0 Å². The lowest BCUT2D eigenvalue weighted by Crippen LogP contribution is -2.50. The molecule has 7 heteroatoms. The number of aromatic nitrogens is 3. The fourth-order valence-electron chi connectivity index (χ4n) is 3.90. The Morgan fingerprint density at radius 3 is 2.34 bits per heavy atom. The number of amides is 1. The molecular formula is C25H29N5OS. The van der Waals surface area contributed by atoms with Crippen molar-refractivity contribution < 1.29 is 4.79 Å². The minimum Gasteiger partial charge on any atom is -0.339 e. The van der Waals surface area contributed by atoms with Crippen molar-refractivity contribution in [3.05, 3.63) is 78.9 Å². The standard InChI is InChI=1S/C25H29N5OS/c1-3-14-30-23(22-12-8-5-9-13-22)26-27-25(30)32-20(2)24(31)29-17-15-28(16-18-29)19-21-10-6-4-7-11-21/h3-13,20H,1,14-19H2,2H3. The van der Waals surface area contributed by atoms with Crippen LogP contribution in [-0.4, -0.2) is 61.9 Å². The van der Waals surface area contributed by atoms with E-state index in [1.807, 2.05) is 58.9 Å². The van der Waals surface area contributed by atoms with Gasteiger partial charge in [0.1, 0.15) is 0 Å². The number of benzene rings is 2. The molecule has 166 valence electrons. The summed E-state index contributed by atoms with van der Waals surface area (Å²) in [4.78, 5) is 17.5. The van der Waals surface area contributed by atoms with Crippen molar-refractivity contribution in [3.63, 3.8) is 0 Å². The normalized spacial score (nSPS) is 15.5. The van der Waals surface area contributed by atoms with Gasteiger partial charge in [0.05, 0.1) is 5.25 Å². The maximum Gasteiger partial charge on any atom is 0.235 e. The number of piperazine rings is 1. The van der Waals surface area contributed by atoms with Gasteiger partial charge in [-0.05, 0) is 12.5 Å². The van der Waals surface area contributed by atoms with Gasteiger partial charge in [-0.2, -0.15) is 0 Å². The van der Waals surface area contributed by atoms with E-state index in [4.69, 9.17) is 0 Å². The molecule has 1 aliphatic heterocycles. The van der Waals surface area contributed by atoms with Crippen LogP contribution in [-0.2, 0) is 17.9 Å². The molecule has 1 aromatic heterocycles. The Morgan fingerprint density at radius 2 is 1.69 bits per heavy atom. The molecule has 0 spiro atoms. The van der Waals surface area contributed by atoms with Crippen LogP contribution in [0.3, 0.4) is 0 Å². The van der Waals surface area contributed by atoms with E-state index < -0.39 is 0 Å². The molecule has 2 heterocycles. The second-order valence-electron chi connectivity index (χ2n) is 7.92. The van der Waals surface area contributed by atoms with Crippen molar-refractivity contribution in [1.82, 2.24) is 24.6 Å². The largest absolute Gasteiger partial charge is 0.339 e. The van der Waals surface area contributed by atoms with Gasteiger partial charge >= 0.3 is 0 Å². The minimum atomic E-state index is -0.230. The fourth-order valence-corrected chi connectivity index (χ4v) is 4.85. The summed E-state index contributed by atoms with van der Waals surface area (Å²) < 4.78 is 2.02. The highest BCUT2D eigenvalue weighted by Crippen LogP contribution is 2.28. The third-order valence-corrected chi connectivity index (χ3v) is 6.69. The fraction of sp³-hybridized carbons (Fsp3) is 0.320. The summed E-state index contributed by atoms with van der Waals surface area (Å²) in [6.45, 7) is 10.6. The lowest BCUT2D eigenvalue weighted by atomic mass is 10.2. The molecule has 1 saturated heterocycles. The monoisotopic (exact) mass is 447 g/mol. The van der Waals surface area contributed by atoms with Gasteiger partial charge in [-0.25, -0.2) is 0 Å². The van der Waals surface area contributed by atoms with Crippen LogP contribution in [0.2, 0.25) is 0 Å². The topological polar surface area (TPSA) is 54.3 Å². The first-order chi connectivity index (χ1) is 15.7. The summed E-state index contributed by atoms with van der Waals surface area (Å²) in [5.74, 6) is 0.950. The number of carbonyl (C=O) groups is 1. The first kappa shape index (κ1) is 22.3. The van der Waals surface area contributed by atoms with E-state index >= 15 is 0 Å². The Labute approximate surface area is 193 Å². The Morgan fingerprint density at radius 1 is 1.03 bits per heavy atom. The van der Waals surface area contributed by atoms with Gasteiger partial charge in [0, 0.05) is 44.8 Å². The first-order valence-electron chi connectivity index (χ1n) is 11.0. The molecule has 0 radical (unpaired) electrons. The Hall–Kier alpha value is -2.90. The predicted molar refractivity (Wildman–Crippen MR) is 129 cm³/mol. The third-order valence-electron chi connectivity index (χ3n) is 5.62. The lowest BCUT2D eigenvalue weighted by molar-refractivity contribution is -0.132. The summed E-state index contributed by atoms with van der Waals surface area (Å²) >= 11 is 1.47. The van der Waals surface area contributed by atoms with Crippen LogP contribution in [0.25, 0.3) is 11.4 Å². The molecule has 1 atom stereocenters. The highest BCUT2D eigenvalue weighted by atomic mass is 32.2. The molecule has 2 aromatic carbocycles. The van der Waals surface area contributed by atoms with Crippen LogP contribution in [0.1, 0.15) is 12.5 Å². The van der Waals surface area contributed by atoms with Crippen LogP contribution in [0, 0.1) is 0 Å². The van der Waals surface area contributed by atoms with E-state index in [0.717, 1.165) is 49.3 Å². The molecule has 1 fully saturated rings. The van der Waals surface area contributed by atoms with E-state index in [0.29, 0.717) is 6.54 Å². The van der Waals surface area contributed by atoms with Crippen molar-refractivity contribution in [1.29, 1.82) is 0 Å². The van der Waals surface area contributed by atoms with Crippen molar-refractivity contribution >= 4 is 17.7 Å². The minimum absolute atomic E-state index is 0.156. The van der Waals surface area contributed by atoms with Gasteiger partial charge in [-0.1, -0.05) is 78.5 Å². The zero-order chi connectivity index (χ0) is 22.3. The van der Waals surface area contributed by atoms with Gasteiger partial charge in [0.15, 0.2) is 11.0 Å². The molecule has 0 aliphatic carbocycles.